The fourth-order valence-corrected chi connectivity index (χ4v) is 0.976. The third kappa shape index (κ3) is 6.29. The van der Waals surface area contributed by atoms with E-state index in [2.05, 4.69) is 6.58 Å². The predicted octanol–water partition coefficient (Wildman–Crippen LogP) is 1.94. The van der Waals surface area contributed by atoms with Crippen LogP contribution in [-0.4, -0.2) is 12.6 Å². The second kappa shape index (κ2) is 7.58. The van der Waals surface area contributed by atoms with Crippen LogP contribution in [0.2, 0.25) is 0 Å². The van der Waals surface area contributed by atoms with Crippen LogP contribution in [0.25, 0.3) is 0 Å². The van der Waals surface area contributed by atoms with Crippen molar-refractivity contribution in [2.75, 3.05) is 6.61 Å². The van der Waals surface area contributed by atoms with Crippen molar-refractivity contribution in [3.05, 3.63) is 12.2 Å². The zero-order chi connectivity index (χ0) is 11.7. The fourth-order valence-electron chi connectivity index (χ4n) is 0.976. The minimum atomic E-state index is -0.428. The van der Waals surface area contributed by atoms with Gasteiger partial charge in [-0.1, -0.05) is 6.58 Å². The molecule has 0 aliphatic heterocycles. The van der Waals surface area contributed by atoms with E-state index in [1.54, 1.807) is 6.92 Å². The molecule has 0 amide bonds. The number of rotatable bonds is 6. The minimum absolute atomic E-state index is 0.0158. The number of carbonyl (C=O) groups is 1. The Morgan fingerprint density at radius 3 is 2.33 bits per heavy atom. The molecule has 0 bridgehead atoms. The van der Waals surface area contributed by atoms with Crippen molar-refractivity contribution in [1.29, 1.82) is 10.5 Å². The van der Waals surface area contributed by atoms with Gasteiger partial charge in [-0.05, 0) is 19.3 Å². The molecule has 0 atom stereocenters. The summed E-state index contributed by atoms with van der Waals surface area (Å²) in [7, 11) is 0. The Kier molecular flexibility index (Phi) is 6.67. The molecule has 0 saturated heterocycles. The molecular weight excluding hydrogens is 192 g/mol. The Morgan fingerprint density at radius 1 is 1.40 bits per heavy atom. The van der Waals surface area contributed by atoms with Crippen LogP contribution in [0.15, 0.2) is 12.2 Å². The minimum Gasteiger partial charge on any atom is -0.462 e. The Hall–Kier alpha value is -1.81. The summed E-state index contributed by atoms with van der Waals surface area (Å²) in [6, 6.07) is 4.01. The van der Waals surface area contributed by atoms with Crippen molar-refractivity contribution in [3.63, 3.8) is 0 Å². The molecule has 0 radical (unpaired) electrons. The topological polar surface area (TPSA) is 73.9 Å². The van der Waals surface area contributed by atoms with Crippen molar-refractivity contribution in [1.82, 2.24) is 0 Å². The molecule has 0 rings (SSSR count). The molecule has 0 aromatic rings. The summed E-state index contributed by atoms with van der Waals surface area (Å²) in [6.07, 6.45) is 1.18. The standard InChI is InChI=1S/C11H14N2O2/c1-9(2)11(14)15-8-5-10(3-6-12)4-7-13/h10H,1,3-5,8H2,2H3. The van der Waals surface area contributed by atoms with Gasteiger partial charge in [0.25, 0.3) is 0 Å². The molecule has 0 aromatic heterocycles. The first-order chi connectivity index (χ1) is 7.11. The molecule has 15 heavy (non-hydrogen) atoms. The maximum atomic E-state index is 11.0. The Labute approximate surface area is 89.8 Å². The van der Waals surface area contributed by atoms with E-state index in [1.165, 1.54) is 0 Å². The number of carbonyl (C=O) groups excluding carboxylic acids is 1. The van der Waals surface area contributed by atoms with Gasteiger partial charge in [-0.25, -0.2) is 4.79 Å². The van der Waals surface area contributed by atoms with Gasteiger partial charge in [0.15, 0.2) is 0 Å². The second-order valence-electron chi connectivity index (χ2n) is 3.30. The van der Waals surface area contributed by atoms with Crippen molar-refractivity contribution in [3.8, 4) is 12.1 Å². The van der Waals surface area contributed by atoms with Gasteiger partial charge < -0.3 is 4.74 Å². The molecule has 0 aliphatic carbocycles. The van der Waals surface area contributed by atoms with Crippen molar-refractivity contribution >= 4 is 5.97 Å². The van der Waals surface area contributed by atoms with E-state index in [0.717, 1.165) is 0 Å². The summed E-state index contributed by atoms with van der Waals surface area (Å²) in [6.45, 7) is 5.26. The zero-order valence-electron chi connectivity index (χ0n) is 8.82. The summed E-state index contributed by atoms with van der Waals surface area (Å²) >= 11 is 0. The van der Waals surface area contributed by atoms with Crippen molar-refractivity contribution in [2.24, 2.45) is 5.92 Å². The molecule has 0 fully saturated rings. The van der Waals surface area contributed by atoms with E-state index >= 15 is 0 Å². The zero-order valence-corrected chi connectivity index (χ0v) is 8.82. The monoisotopic (exact) mass is 206 g/mol. The number of nitriles is 2. The van der Waals surface area contributed by atoms with Gasteiger partial charge in [-0.2, -0.15) is 10.5 Å². The number of ether oxygens (including phenoxy) is 1. The van der Waals surface area contributed by atoms with Crippen LogP contribution in [0.3, 0.4) is 0 Å². The van der Waals surface area contributed by atoms with Gasteiger partial charge in [-0.15, -0.1) is 0 Å². The average molecular weight is 206 g/mol. The molecule has 0 N–H and O–H groups in total. The largest absolute Gasteiger partial charge is 0.462 e. The normalized spacial score (nSPS) is 9.07. The molecule has 0 heterocycles. The van der Waals surface area contributed by atoms with Crippen LogP contribution < -0.4 is 0 Å². The lowest BCUT2D eigenvalue weighted by Gasteiger charge is -2.09. The van der Waals surface area contributed by atoms with Crippen molar-refractivity contribution < 1.29 is 9.53 Å². The summed E-state index contributed by atoms with van der Waals surface area (Å²) in [4.78, 5) is 11.0. The maximum absolute atomic E-state index is 11.0. The highest BCUT2D eigenvalue weighted by Gasteiger charge is 2.09. The number of esters is 1. The third-order valence-corrected chi connectivity index (χ3v) is 1.87. The smallest absolute Gasteiger partial charge is 0.333 e. The third-order valence-electron chi connectivity index (χ3n) is 1.87. The molecule has 0 saturated carbocycles. The first kappa shape index (κ1) is 13.2. The Morgan fingerprint density at radius 2 is 1.93 bits per heavy atom. The quantitative estimate of drug-likeness (QED) is 0.491. The van der Waals surface area contributed by atoms with Crippen LogP contribution >= 0.6 is 0 Å². The lowest BCUT2D eigenvalue weighted by atomic mass is 10.00. The summed E-state index contributed by atoms with van der Waals surface area (Å²) < 4.78 is 4.87. The van der Waals surface area contributed by atoms with E-state index in [4.69, 9.17) is 15.3 Å². The molecule has 0 unspecified atom stereocenters. The summed E-state index contributed by atoms with van der Waals surface area (Å²) in [5.74, 6) is -0.444. The van der Waals surface area contributed by atoms with Crippen LogP contribution in [0.5, 0.6) is 0 Å². The van der Waals surface area contributed by atoms with Gasteiger partial charge >= 0.3 is 5.97 Å². The highest BCUT2D eigenvalue weighted by Crippen LogP contribution is 2.12. The lowest BCUT2D eigenvalue weighted by molar-refractivity contribution is -0.139. The van der Waals surface area contributed by atoms with E-state index in [-0.39, 0.29) is 12.5 Å². The van der Waals surface area contributed by atoms with Crippen LogP contribution in [-0.2, 0) is 9.53 Å². The number of hydrogen-bond donors (Lipinski definition) is 0. The molecular formula is C11H14N2O2. The molecule has 80 valence electrons. The molecule has 0 spiro atoms. The van der Waals surface area contributed by atoms with Gasteiger partial charge in [0, 0.05) is 18.4 Å². The Bertz CT molecular complexity index is 294. The first-order valence-electron chi connectivity index (χ1n) is 4.68. The van der Waals surface area contributed by atoms with Crippen LogP contribution in [0.4, 0.5) is 0 Å². The first-order valence-corrected chi connectivity index (χ1v) is 4.68. The fraction of sp³-hybridized carbons (Fsp3) is 0.545. The SMILES string of the molecule is C=C(C)C(=O)OCCC(CC#N)CC#N. The van der Waals surface area contributed by atoms with Crippen molar-refractivity contribution in [2.45, 2.75) is 26.2 Å². The molecule has 4 heteroatoms. The van der Waals surface area contributed by atoms with Gasteiger partial charge in [-0.3, -0.25) is 0 Å². The van der Waals surface area contributed by atoms with E-state index in [0.29, 0.717) is 24.8 Å². The molecule has 0 aromatic carbocycles. The summed E-state index contributed by atoms with van der Waals surface area (Å²) in [5.41, 5.74) is 0.354. The summed E-state index contributed by atoms with van der Waals surface area (Å²) in [5, 5.41) is 17.0. The average Bonchev–Trinajstić information content (AvgIpc) is 2.18. The van der Waals surface area contributed by atoms with Gasteiger partial charge in [0.1, 0.15) is 0 Å². The number of nitrogens with zero attached hydrogens (tertiary/aromatic N) is 2. The molecule has 4 nitrogen and oxygen atoms in total. The Balaban J connectivity index is 3.82. The maximum Gasteiger partial charge on any atom is 0.333 e. The van der Waals surface area contributed by atoms with Crippen LogP contribution in [0.1, 0.15) is 26.2 Å². The number of hydrogen-bond acceptors (Lipinski definition) is 4. The van der Waals surface area contributed by atoms with Gasteiger partial charge in [0.05, 0.1) is 18.7 Å². The predicted molar refractivity (Wildman–Crippen MR) is 54.3 cm³/mol. The van der Waals surface area contributed by atoms with E-state index in [9.17, 15) is 4.79 Å². The molecule has 0 aliphatic rings. The van der Waals surface area contributed by atoms with Crippen LogP contribution in [0, 0.1) is 28.6 Å². The highest BCUT2D eigenvalue weighted by atomic mass is 16.5. The van der Waals surface area contributed by atoms with Gasteiger partial charge in [0.2, 0.25) is 0 Å². The second-order valence-corrected chi connectivity index (χ2v) is 3.30. The van der Waals surface area contributed by atoms with E-state index < -0.39 is 5.97 Å². The van der Waals surface area contributed by atoms with E-state index in [1.807, 2.05) is 12.1 Å². The highest BCUT2D eigenvalue weighted by molar-refractivity contribution is 5.86. The lowest BCUT2D eigenvalue weighted by Crippen LogP contribution is -2.10.